The molecule has 1 spiro atoms. The van der Waals surface area contributed by atoms with Gasteiger partial charge >= 0.3 is 4.87 Å². The zero-order valence-electron chi connectivity index (χ0n) is 20.4. The van der Waals surface area contributed by atoms with E-state index in [0.717, 1.165) is 11.3 Å². The van der Waals surface area contributed by atoms with Crippen molar-refractivity contribution in [3.63, 3.8) is 0 Å². The normalized spacial score (nSPS) is 22.7. The van der Waals surface area contributed by atoms with Crippen LogP contribution in [0, 0.1) is 59.6 Å². The van der Waals surface area contributed by atoms with Crippen LogP contribution in [0.2, 0.25) is 0 Å². The fourth-order valence-electron chi connectivity index (χ4n) is 5.92. The van der Waals surface area contributed by atoms with E-state index in [9.17, 15) is 40.8 Å². The third-order valence-electron chi connectivity index (χ3n) is 7.64. The van der Waals surface area contributed by atoms with Gasteiger partial charge in [-0.3, -0.25) is 30.0 Å². The van der Waals surface area contributed by atoms with Crippen LogP contribution in [0.3, 0.4) is 0 Å². The lowest BCUT2D eigenvalue weighted by molar-refractivity contribution is -0.385. The van der Waals surface area contributed by atoms with E-state index in [4.69, 9.17) is 10.5 Å². The molecule has 2 aliphatic rings. The van der Waals surface area contributed by atoms with Crippen LogP contribution in [0.5, 0.6) is 5.88 Å². The van der Waals surface area contributed by atoms with E-state index in [-0.39, 0.29) is 52.7 Å². The summed E-state index contributed by atoms with van der Waals surface area (Å²) >= 11 is 0.783. The molecule has 3 aromatic rings. The molecule has 1 aliphatic carbocycles. The molecule has 14 heteroatoms. The van der Waals surface area contributed by atoms with Gasteiger partial charge < -0.3 is 10.5 Å². The van der Waals surface area contributed by atoms with Crippen LogP contribution in [-0.4, -0.2) is 14.8 Å². The van der Waals surface area contributed by atoms with Crippen molar-refractivity contribution < 1.29 is 14.6 Å². The van der Waals surface area contributed by atoms with Gasteiger partial charge in [-0.25, -0.2) is 0 Å². The highest BCUT2D eigenvalue weighted by Gasteiger charge is 2.61. The van der Waals surface area contributed by atoms with Gasteiger partial charge in [-0.15, -0.1) is 0 Å². The predicted octanol–water partition coefficient (Wildman–Crippen LogP) is 3.97. The number of ether oxygens (including phenoxy) is 1. The number of aromatic nitrogens is 1. The second-order valence-corrected chi connectivity index (χ2v) is 10.5. The molecule has 0 radical (unpaired) electrons. The maximum Gasteiger partial charge on any atom is 0.307 e. The third kappa shape index (κ3) is 3.76. The molecule has 40 heavy (non-hydrogen) atoms. The monoisotopic (exact) mass is 555 g/mol. The third-order valence-corrected chi connectivity index (χ3v) is 8.71. The molecule has 0 bridgehead atoms. The molecule has 3 N–H and O–H groups in total. The summed E-state index contributed by atoms with van der Waals surface area (Å²) in [4.78, 5) is 36.9. The minimum atomic E-state index is -1.88. The molecular formula is C26H17N7O6S. The number of nitro groups is 2. The molecule has 0 saturated heterocycles. The van der Waals surface area contributed by atoms with Crippen molar-refractivity contribution >= 4 is 22.7 Å². The largest absolute Gasteiger partial charge is 0.423 e. The number of nitrogens with zero attached hydrogens (tertiary/aromatic N) is 5. The molecule has 0 amide bonds. The summed E-state index contributed by atoms with van der Waals surface area (Å²) < 4.78 is 5.55. The van der Waals surface area contributed by atoms with E-state index >= 15 is 0 Å². The van der Waals surface area contributed by atoms with Crippen molar-refractivity contribution in [1.29, 1.82) is 15.8 Å². The Hall–Kier alpha value is -5.52. The van der Waals surface area contributed by atoms with Gasteiger partial charge in [0.15, 0.2) is 5.41 Å². The number of nitrogens with two attached hydrogens (primary N) is 1. The highest BCUT2D eigenvalue weighted by molar-refractivity contribution is 7.09. The smallest absolute Gasteiger partial charge is 0.307 e. The number of H-pyrrole nitrogens is 1. The number of nitrogens with one attached hydrogen (secondary N) is 1. The lowest BCUT2D eigenvalue weighted by Crippen LogP contribution is -2.49. The van der Waals surface area contributed by atoms with Crippen molar-refractivity contribution in [2.45, 2.75) is 30.1 Å². The quantitative estimate of drug-likeness (QED) is 0.347. The van der Waals surface area contributed by atoms with Gasteiger partial charge in [0.05, 0.1) is 32.3 Å². The zero-order valence-corrected chi connectivity index (χ0v) is 21.2. The summed E-state index contributed by atoms with van der Waals surface area (Å²) in [5.74, 6) is -2.37. The lowest BCUT2D eigenvalue weighted by Gasteiger charge is -2.50. The number of hydrogen-bond donors (Lipinski definition) is 2. The highest BCUT2D eigenvalue weighted by Crippen LogP contribution is 2.64. The van der Waals surface area contributed by atoms with Crippen molar-refractivity contribution in [1.82, 2.24) is 4.98 Å². The number of benzene rings is 2. The second-order valence-electron chi connectivity index (χ2n) is 9.52. The second kappa shape index (κ2) is 9.34. The fourth-order valence-corrected chi connectivity index (χ4v) is 6.89. The van der Waals surface area contributed by atoms with Gasteiger partial charge in [-0.1, -0.05) is 35.6 Å². The molecular weight excluding hydrogens is 538 g/mol. The van der Waals surface area contributed by atoms with Gasteiger partial charge in [0.1, 0.15) is 11.6 Å². The number of non-ortho nitro benzene ring substituents is 2. The molecule has 1 fully saturated rings. The Kier molecular flexibility index (Phi) is 6.10. The number of allylic oxidation sites excluding steroid dienone is 1. The summed E-state index contributed by atoms with van der Waals surface area (Å²) in [5.41, 5.74) is 2.88. The molecule has 2 aromatic carbocycles. The first-order chi connectivity index (χ1) is 19.1. The average Bonchev–Trinajstić information content (AvgIpc) is 3.33. The van der Waals surface area contributed by atoms with E-state index in [1.54, 1.807) is 12.1 Å². The number of nitriles is 3. The van der Waals surface area contributed by atoms with E-state index in [1.165, 1.54) is 36.4 Å². The number of aromatic amines is 1. The highest BCUT2D eigenvalue weighted by atomic mass is 32.1. The van der Waals surface area contributed by atoms with Crippen LogP contribution in [-0.2, 0) is 5.41 Å². The first-order valence-corrected chi connectivity index (χ1v) is 12.5. The van der Waals surface area contributed by atoms with Gasteiger partial charge in [0.2, 0.25) is 11.8 Å². The average molecular weight is 556 g/mol. The topological polar surface area (TPSA) is 226 Å². The SMILES string of the molecule is N#CC1=C(N)Oc2[nH]c(=O)sc2C12CC(c1cccc([N+](=O)[O-])c1)C(C#N)(C#N)C(c1cccc([N+](=O)[O-])c1)C2. The standard InChI is InChI=1S/C26H17N7O6S/c27-11-20-22(30)39-23-21(40-24(34)31-23)25(20)9-18(14-3-1-5-16(7-14)32(35)36)26(12-28,13-29)19(10-25)15-4-2-6-17(8-15)33(37)38/h1-8,18-19H,9-10,30H2,(H,31,34). The van der Waals surface area contributed by atoms with Crippen molar-refractivity contribution in [3.8, 4) is 24.1 Å². The Morgan fingerprint density at radius 2 is 1.50 bits per heavy atom. The molecule has 13 nitrogen and oxygen atoms in total. The maximum atomic E-state index is 12.5. The Balaban J connectivity index is 1.86. The van der Waals surface area contributed by atoms with Crippen LogP contribution >= 0.6 is 11.3 Å². The summed E-state index contributed by atoms with van der Waals surface area (Å²) in [6, 6.07) is 17.3. The summed E-state index contributed by atoms with van der Waals surface area (Å²) in [6.45, 7) is 0. The predicted molar refractivity (Wildman–Crippen MR) is 139 cm³/mol. The number of rotatable bonds is 4. The van der Waals surface area contributed by atoms with Crippen molar-refractivity contribution in [2.75, 3.05) is 0 Å². The number of nitro benzene ring substituents is 2. The number of hydrogen-bond acceptors (Lipinski definition) is 11. The first kappa shape index (κ1) is 26.1. The number of fused-ring (bicyclic) bond motifs is 2. The first-order valence-electron chi connectivity index (χ1n) is 11.7. The fraction of sp³-hybridized carbons (Fsp3) is 0.231. The molecule has 2 atom stereocenters. The van der Waals surface area contributed by atoms with Crippen LogP contribution in [0.25, 0.3) is 0 Å². The Morgan fingerprint density at radius 1 is 0.975 bits per heavy atom. The molecule has 5 rings (SSSR count). The van der Waals surface area contributed by atoms with Crippen LogP contribution < -0.4 is 15.3 Å². The minimum absolute atomic E-state index is 0.0171. The van der Waals surface area contributed by atoms with Crippen molar-refractivity contribution in [3.05, 3.63) is 106 Å². The van der Waals surface area contributed by atoms with Gasteiger partial charge in [0, 0.05) is 36.1 Å². The Bertz CT molecular complexity index is 1720. The lowest BCUT2D eigenvalue weighted by atomic mass is 9.49. The zero-order chi connectivity index (χ0) is 28.8. The van der Waals surface area contributed by atoms with Crippen LogP contribution in [0.1, 0.15) is 40.7 Å². The molecule has 1 saturated carbocycles. The van der Waals surface area contributed by atoms with Crippen LogP contribution in [0.15, 0.2) is 64.8 Å². The Morgan fingerprint density at radius 3 is 1.95 bits per heavy atom. The van der Waals surface area contributed by atoms with Crippen molar-refractivity contribution in [2.24, 2.45) is 11.1 Å². The molecule has 198 valence electrons. The van der Waals surface area contributed by atoms with Gasteiger partial charge in [-0.05, 0) is 24.0 Å². The minimum Gasteiger partial charge on any atom is -0.423 e. The number of thiazole rings is 1. The molecule has 1 aliphatic heterocycles. The molecule has 1 aromatic heterocycles. The van der Waals surface area contributed by atoms with E-state index in [2.05, 4.69) is 23.2 Å². The molecule has 2 heterocycles. The summed E-state index contributed by atoms with van der Waals surface area (Å²) in [6.07, 6.45) is -0.205. The van der Waals surface area contributed by atoms with Gasteiger partial charge in [-0.2, -0.15) is 15.8 Å². The van der Waals surface area contributed by atoms with Crippen LogP contribution in [0.4, 0.5) is 11.4 Å². The molecule has 2 unspecified atom stereocenters. The Labute approximate surface area is 229 Å². The van der Waals surface area contributed by atoms with E-state index < -0.39 is 37.4 Å². The van der Waals surface area contributed by atoms with Gasteiger partial charge in [0.25, 0.3) is 11.4 Å². The summed E-state index contributed by atoms with van der Waals surface area (Å²) in [5, 5.41) is 54.7. The van der Waals surface area contributed by atoms with E-state index in [0.29, 0.717) is 4.88 Å². The van der Waals surface area contributed by atoms with E-state index in [1.807, 2.05) is 0 Å². The summed E-state index contributed by atoms with van der Waals surface area (Å²) in [7, 11) is 0. The maximum absolute atomic E-state index is 12.5.